The van der Waals surface area contributed by atoms with Crippen molar-refractivity contribution in [2.75, 3.05) is 6.54 Å². The van der Waals surface area contributed by atoms with E-state index in [-0.39, 0.29) is 23.0 Å². The van der Waals surface area contributed by atoms with Gasteiger partial charge in [0, 0.05) is 11.6 Å². The number of carbonyl (C=O) groups excluding carboxylic acids is 4. The third-order valence-electron chi connectivity index (χ3n) is 6.71. The van der Waals surface area contributed by atoms with Crippen LogP contribution in [0.15, 0.2) is 60.7 Å². The molecule has 2 aliphatic carbocycles. The van der Waals surface area contributed by atoms with E-state index in [0.29, 0.717) is 16.4 Å². The highest BCUT2D eigenvalue weighted by Crippen LogP contribution is 2.52. The zero-order valence-corrected chi connectivity index (χ0v) is 17.7. The Morgan fingerprint density at radius 1 is 1.00 bits per heavy atom. The maximum Gasteiger partial charge on any atom is 0.282 e. The fourth-order valence-corrected chi connectivity index (χ4v) is 5.17. The molecule has 5 rings (SSSR count). The highest BCUT2D eigenvalue weighted by molar-refractivity contribution is 6.11. The molecule has 34 heavy (non-hydrogen) atoms. The van der Waals surface area contributed by atoms with Crippen molar-refractivity contribution >= 4 is 29.2 Å². The number of carbonyl (C=O) groups is 4. The second kappa shape index (κ2) is 7.98. The van der Waals surface area contributed by atoms with Gasteiger partial charge in [-0.1, -0.05) is 24.3 Å². The zero-order chi connectivity index (χ0) is 24.1. The molecule has 2 aromatic carbocycles. The van der Waals surface area contributed by atoms with Crippen molar-refractivity contribution in [2.45, 2.75) is 6.42 Å². The number of imide groups is 1. The van der Waals surface area contributed by atoms with E-state index < -0.39 is 58.3 Å². The van der Waals surface area contributed by atoms with Gasteiger partial charge in [0.1, 0.15) is 17.9 Å². The van der Waals surface area contributed by atoms with Crippen LogP contribution in [0.5, 0.6) is 0 Å². The summed E-state index contributed by atoms with van der Waals surface area (Å²) in [6, 6.07) is 9.69. The number of ketones is 1. The molecule has 0 aromatic heterocycles. The van der Waals surface area contributed by atoms with E-state index in [0.717, 1.165) is 18.2 Å². The van der Waals surface area contributed by atoms with Gasteiger partial charge in [0.25, 0.3) is 23.4 Å². The van der Waals surface area contributed by atoms with E-state index in [4.69, 9.17) is 0 Å². The Bertz CT molecular complexity index is 1240. The number of hydrogen-bond donors (Lipinski definition) is 0. The minimum Gasteiger partial charge on any atom is -0.292 e. The monoisotopic (exact) mass is 463 g/mol. The number of amides is 3. The Balaban J connectivity index is 1.54. The van der Waals surface area contributed by atoms with Gasteiger partial charge >= 0.3 is 0 Å². The van der Waals surface area contributed by atoms with Crippen molar-refractivity contribution in [2.24, 2.45) is 23.7 Å². The first kappa shape index (κ1) is 21.6. The van der Waals surface area contributed by atoms with Crippen molar-refractivity contribution in [1.82, 2.24) is 10.0 Å². The molecule has 172 valence electrons. The maximum atomic E-state index is 13.5. The number of hydrogen-bond acceptors (Lipinski definition) is 6. The van der Waals surface area contributed by atoms with Crippen LogP contribution >= 0.6 is 0 Å². The predicted octanol–water partition coefficient (Wildman–Crippen LogP) is 2.78. The summed E-state index contributed by atoms with van der Waals surface area (Å²) in [5.41, 5.74) is -0.825. The number of nitro benzene ring substituents is 1. The molecular weight excluding hydrogens is 445 g/mol. The second-order valence-electron chi connectivity index (χ2n) is 8.56. The minimum absolute atomic E-state index is 0.0581. The lowest BCUT2D eigenvalue weighted by atomic mass is 9.85. The van der Waals surface area contributed by atoms with E-state index in [1.165, 1.54) is 30.3 Å². The van der Waals surface area contributed by atoms with E-state index in [9.17, 15) is 33.7 Å². The molecule has 2 fully saturated rings. The predicted molar refractivity (Wildman–Crippen MR) is 114 cm³/mol. The first-order chi connectivity index (χ1) is 16.3. The number of rotatable bonds is 6. The number of Topliss-reactive ketones (excluding diaryl/α,β-unsaturated/α-hetero) is 1. The molecule has 3 aliphatic rings. The van der Waals surface area contributed by atoms with E-state index in [2.05, 4.69) is 0 Å². The van der Waals surface area contributed by atoms with Gasteiger partial charge in [-0.3, -0.25) is 29.3 Å². The van der Waals surface area contributed by atoms with Gasteiger partial charge < -0.3 is 0 Å². The molecule has 0 radical (unpaired) electrons. The molecule has 4 atom stereocenters. The largest absolute Gasteiger partial charge is 0.292 e. The fourth-order valence-electron chi connectivity index (χ4n) is 5.17. The third-order valence-corrected chi connectivity index (χ3v) is 6.71. The van der Waals surface area contributed by atoms with Crippen molar-refractivity contribution in [3.05, 3.63) is 87.7 Å². The lowest BCUT2D eigenvalue weighted by molar-refractivity contribution is -0.385. The Hall–Kier alpha value is -4.21. The van der Waals surface area contributed by atoms with Gasteiger partial charge in [0.15, 0.2) is 5.78 Å². The molecule has 2 aromatic rings. The molecule has 1 saturated heterocycles. The summed E-state index contributed by atoms with van der Waals surface area (Å²) < 4.78 is 13.3. The highest BCUT2D eigenvalue weighted by Gasteiger charge is 2.61. The van der Waals surface area contributed by atoms with E-state index >= 15 is 0 Å². The third kappa shape index (κ3) is 3.30. The molecule has 9 nitrogen and oxygen atoms in total. The molecular formula is C24H18FN3O6. The van der Waals surface area contributed by atoms with Crippen LogP contribution in [0.2, 0.25) is 0 Å². The van der Waals surface area contributed by atoms with Gasteiger partial charge in [-0.2, -0.15) is 5.01 Å². The molecule has 0 N–H and O–H groups in total. The molecule has 2 bridgehead atoms. The number of nitrogens with zero attached hydrogens (tertiary/aromatic N) is 3. The summed E-state index contributed by atoms with van der Waals surface area (Å²) in [4.78, 5) is 63.9. The molecule has 1 saturated carbocycles. The van der Waals surface area contributed by atoms with Crippen LogP contribution in [0.4, 0.5) is 10.1 Å². The van der Waals surface area contributed by atoms with Crippen LogP contribution in [0, 0.1) is 39.6 Å². The Kier molecular flexibility index (Phi) is 5.07. The van der Waals surface area contributed by atoms with Crippen LogP contribution in [-0.4, -0.2) is 45.0 Å². The lowest BCUT2D eigenvalue weighted by Gasteiger charge is -2.30. The second-order valence-corrected chi connectivity index (χ2v) is 8.56. The Morgan fingerprint density at radius 3 is 2.18 bits per heavy atom. The summed E-state index contributed by atoms with van der Waals surface area (Å²) >= 11 is 0. The van der Waals surface area contributed by atoms with Crippen LogP contribution in [0.1, 0.15) is 27.1 Å². The fraction of sp³-hybridized carbons (Fsp3) is 0.250. The summed E-state index contributed by atoms with van der Waals surface area (Å²) in [6.07, 6.45) is 4.45. The minimum atomic E-state index is -1.02. The van der Waals surface area contributed by atoms with Crippen molar-refractivity contribution < 1.29 is 28.5 Å². The number of para-hydroxylation sites is 1. The topological polar surface area (TPSA) is 118 Å². The average Bonchev–Trinajstić information content (AvgIpc) is 3.51. The molecule has 0 unspecified atom stereocenters. The summed E-state index contributed by atoms with van der Waals surface area (Å²) in [6.45, 7) is -0.726. The molecule has 1 heterocycles. The SMILES string of the molecule is O=C(CN(C(=O)c1ccccc1[N+](=O)[O-])N1C(=O)[C@@H]2[C@@H](C1=O)[C@H]1C=C[C@H]2C1)c1ccc(F)cc1. The number of benzene rings is 2. The van der Waals surface area contributed by atoms with Gasteiger partial charge in [0.05, 0.1) is 16.8 Å². The van der Waals surface area contributed by atoms with Crippen molar-refractivity contribution in [3.63, 3.8) is 0 Å². The maximum absolute atomic E-state index is 13.5. The van der Waals surface area contributed by atoms with Crippen LogP contribution in [0.25, 0.3) is 0 Å². The molecule has 1 aliphatic heterocycles. The van der Waals surface area contributed by atoms with Gasteiger partial charge in [-0.15, -0.1) is 0 Å². The van der Waals surface area contributed by atoms with E-state index in [1.807, 2.05) is 12.2 Å². The van der Waals surface area contributed by atoms with E-state index in [1.54, 1.807) is 0 Å². The first-order valence-corrected chi connectivity index (χ1v) is 10.7. The number of hydrazine groups is 1. The Labute approximate surface area is 192 Å². The van der Waals surface area contributed by atoms with Crippen LogP contribution in [-0.2, 0) is 9.59 Å². The van der Waals surface area contributed by atoms with Crippen LogP contribution in [0.3, 0.4) is 0 Å². The van der Waals surface area contributed by atoms with Crippen LogP contribution < -0.4 is 0 Å². The number of halogens is 1. The normalized spacial score (nSPS) is 24.4. The van der Waals surface area contributed by atoms with Crippen molar-refractivity contribution in [3.8, 4) is 0 Å². The number of fused-ring (bicyclic) bond motifs is 5. The number of allylic oxidation sites excluding steroid dienone is 2. The quantitative estimate of drug-likeness (QED) is 0.214. The molecule has 0 spiro atoms. The number of nitro groups is 1. The van der Waals surface area contributed by atoms with Gasteiger partial charge in [-0.25, -0.2) is 9.40 Å². The lowest BCUT2D eigenvalue weighted by Crippen LogP contribution is -2.52. The Morgan fingerprint density at radius 2 is 1.59 bits per heavy atom. The van der Waals surface area contributed by atoms with Gasteiger partial charge in [0.2, 0.25) is 0 Å². The molecule has 3 amide bonds. The summed E-state index contributed by atoms with van der Waals surface area (Å²) in [5, 5.41) is 12.9. The average molecular weight is 463 g/mol. The molecule has 10 heteroatoms. The first-order valence-electron chi connectivity index (χ1n) is 10.7. The summed E-state index contributed by atoms with van der Waals surface area (Å²) in [7, 11) is 0. The smallest absolute Gasteiger partial charge is 0.282 e. The highest BCUT2D eigenvalue weighted by atomic mass is 19.1. The zero-order valence-electron chi connectivity index (χ0n) is 17.7. The van der Waals surface area contributed by atoms with Gasteiger partial charge in [-0.05, 0) is 48.6 Å². The summed E-state index contributed by atoms with van der Waals surface area (Å²) in [5.74, 6) is -5.00. The standard InChI is InChI=1S/C24H18FN3O6/c25-16-9-7-13(8-10-16)19(29)12-26(22(30)17-3-1-2-4-18(17)28(33)34)27-23(31)20-14-5-6-15(11-14)21(20)24(27)32/h1-10,14-15,20-21H,11-12H2/t14-,15-,20-,21-/m0/s1. The van der Waals surface area contributed by atoms with Crippen molar-refractivity contribution in [1.29, 1.82) is 0 Å².